The zero-order valence-electron chi connectivity index (χ0n) is 29.6. The van der Waals surface area contributed by atoms with Crippen molar-refractivity contribution in [3.05, 3.63) is 181 Å². The number of para-hydroxylation sites is 3. The van der Waals surface area contributed by atoms with Gasteiger partial charge in [0.05, 0.1) is 22.2 Å². The lowest BCUT2D eigenvalue weighted by Crippen LogP contribution is -2.16. The summed E-state index contributed by atoms with van der Waals surface area (Å²) in [6, 6.07) is 63.4. The molecule has 0 fully saturated rings. The van der Waals surface area contributed by atoms with E-state index in [9.17, 15) is 0 Å². The first-order chi connectivity index (χ1) is 26.1. The van der Waals surface area contributed by atoms with Gasteiger partial charge in [-0.3, -0.25) is 0 Å². The quantitative estimate of drug-likeness (QED) is 0.169. The maximum absolute atomic E-state index is 2.52. The molecule has 53 heavy (non-hydrogen) atoms. The number of fused-ring (bicyclic) bond motifs is 15. The van der Waals surface area contributed by atoms with Crippen LogP contribution in [0.4, 0.5) is 17.1 Å². The van der Waals surface area contributed by atoms with Crippen LogP contribution in [0.25, 0.3) is 81.5 Å². The zero-order valence-corrected chi connectivity index (χ0v) is 29.6. The highest BCUT2D eigenvalue weighted by Crippen LogP contribution is 2.52. The predicted octanol–water partition coefficient (Wildman–Crippen LogP) is 14.1. The molecule has 0 radical (unpaired) electrons. The fraction of sp³-hybridized carbons (Fsp3) is 0.0588. The molecule has 1 aliphatic rings. The standard InChI is InChI=1S/C51H34N2/c1-51(2)45-22-9-7-17-38(45)39-28-26-32(30-46(39)51)52(31-25-27-37-35-15-4-3-13-33(35)34-14-5-6-16-36(34)44(37)29-31)48-24-12-21-43-42-20-11-19-41-40-18-8-10-23-47(40)53(49(41)42)50(43)48/h3-30H,1-2H3. The Kier molecular flexibility index (Phi) is 5.60. The van der Waals surface area contributed by atoms with Crippen LogP contribution in [0.1, 0.15) is 25.0 Å². The molecule has 0 bridgehead atoms. The van der Waals surface area contributed by atoms with Crippen LogP contribution in [0.15, 0.2) is 170 Å². The topological polar surface area (TPSA) is 7.65 Å². The molecule has 2 heteroatoms. The Hall–Kier alpha value is -6.64. The largest absolute Gasteiger partial charge is 0.308 e. The first kappa shape index (κ1) is 29.0. The summed E-state index contributed by atoms with van der Waals surface area (Å²) >= 11 is 0. The van der Waals surface area contributed by atoms with Gasteiger partial charge < -0.3 is 9.30 Å². The monoisotopic (exact) mass is 674 g/mol. The summed E-state index contributed by atoms with van der Waals surface area (Å²) < 4.78 is 2.52. The second kappa shape index (κ2) is 10.2. The lowest BCUT2D eigenvalue weighted by molar-refractivity contribution is 0.660. The molecule has 0 N–H and O–H groups in total. The number of benzene rings is 9. The van der Waals surface area contributed by atoms with E-state index < -0.39 is 0 Å². The van der Waals surface area contributed by atoms with Crippen LogP contribution in [0.5, 0.6) is 0 Å². The number of nitrogens with zero attached hydrogens (tertiary/aromatic N) is 2. The van der Waals surface area contributed by atoms with Crippen LogP contribution < -0.4 is 4.90 Å². The molecule has 11 aromatic rings. The van der Waals surface area contributed by atoms with Gasteiger partial charge in [0.25, 0.3) is 0 Å². The van der Waals surface area contributed by atoms with Crippen LogP contribution in [0.3, 0.4) is 0 Å². The first-order valence-electron chi connectivity index (χ1n) is 18.6. The van der Waals surface area contributed by atoms with E-state index in [0.29, 0.717) is 0 Å². The summed E-state index contributed by atoms with van der Waals surface area (Å²) in [6.45, 7) is 4.75. The molecule has 1 aliphatic carbocycles. The minimum Gasteiger partial charge on any atom is -0.308 e. The second-order valence-electron chi connectivity index (χ2n) is 15.3. The Bertz CT molecular complexity index is 3290. The van der Waals surface area contributed by atoms with E-state index in [0.717, 1.165) is 11.4 Å². The van der Waals surface area contributed by atoms with Crippen molar-refractivity contribution in [2.24, 2.45) is 0 Å². The molecule has 248 valence electrons. The van der Waals surface area contributed by atoms with Crippen LogP contribution in [-0.2, 0) is 5.41 Å². The predicted molar refractivity (Wildman–Crippen MR) is 226 cm³/mol. The molecule has 0 atom stereocenters. The van der Waals surface area contributed by atoms with Gasteiger partial charge in [-0.2, -0.15) is 0 Å². The minimum absolute atomic E-state index is 0.121. The molecule has 0 amide bonds. The summed E-state index contributed by atoms with van der Waals surface area (Å²) in [7, 11) is 0. The van der Waals surface area contributed by atoms with Crippen molar-refractivity contribution >= 4 is 87.5 Å². The molecule has 12 rings (SSSR count). The minimum atomic E-state index is -0.121. The highest BCUT2D eigenvalue weighted by atomic mass is 15.2. The Morgan fingerprint density at radius 2 is 0.887 bits per heavy atom. The van der Waals surface area contributed by atoms with Crippen molar-refractivity contribution in [1.29, 1.82) is 0 Å². The van der Waals surface area contributed by atoms with Gasteiger partial charge in [0, 0.05) is 38.3 Å². The molecule has 2 aromatic heterocycles. The molecule has 0 unspecified atom stereocenters. The van der Waals surface area contributed by atoms with E-state index in [2.05, 4.69) is 193 Å². The number of hydrogen-bond donors (Lipinski definition) is 0. The maximum atomic E-state index is 2.52. The normalized spacial score (nSPS) is 13.6. The molecular weight excluding hydrogens is 641 g/mol. The Balaban J connectivity index is 1.21. The van der Waals surface area contributed by atoms with Crippen molar-refractivity contribution in [3.63, 3.8) is 0 Å². The van der Waals surface area contributed by atoms with E-state index in [-0.39, 0.29) is 5.41 Å². The van der Waals surface area contributed by atoms with E-state index in [1.54, 1.807) is 0 Å². The van der Waals surface area contributed by atoms with Gasteiger partial charge in [0.1, 0.15) is 0 Å². The van der Waals surface area contributed by atoms with Gasteiger partial charge in [0.15, 0.2) is 0 Å². The zero-order chi connectivity index (χ0) is 35.0. The Morgan fingerprint density at radius 1 is 0.377 bits per heavy atom. The van der Waals surface area contributed by atoms with Gasteiger partial charge in [0.2, 0.25) is 0 Å². The van der Waals surface area contributed by atoms with Crippen molar-refractivity contribution < 1.29 is 0 Å². The fourth-order valence-electron chi connectivity index (χ4n) is 9.93. The van der Waals surface area contributed by atoms with Crippen LogP contribution in [-0.4, -0.2) is 4.40 Å². The Labute approximate surface area is 307 Å². The number of rotatable bonds is 3. The fourth-order valence-corrected chi connectivity index (χ4v) is 9.93. The van der Waals surface area contributed by atoms with Crippen molar-refractivity contribution in [3.8, 4) is 11.1 Å². The highest BCUT2D eigenvalue weighted by molar-refractivity contribution is 6.27. The summed E-state index contributed by atoms with van der Waals surface area (Å²) in [6.07, 6.45) is 0. The number of hydrogen-bond acceptors (Lipinski definition) is 1. The van der Waals surface area contributed by atoms with E-state index in [1.807, 2.05) is 0 Å². The van der Waals surface area contributed by atoms with Gasteiger partial charge in [-0.15, -0.1) is 0 Å². The van der Waals surface area contributed by atoms with Crippen molar-refractivity contribution in [1.82, 2.24) is 4.40 Å². The van der Waals surface area contributed by atoms with Crippen LogP contribution in [0.2, 0.25) is 0 Å². The molecule has 0 aliphatic heterocycles. The summed E-state index contributed by atoms with van der Waals surface area (Å²) in [5.41, 5.74) is 12.5. The van der Waals surface area contributed by atoms with E-state index in [4.69, 9.17) is 0 Å². The summed E-state index contributed by atoms with van der Waals surface area (Å²) in [5, 5.41) is 12.8. The highest BCUT2D eigenvalue weighted by Gasteiger charge is 2.36. The van der Waals surface area contributed by atoms with Gasteiger partial charge in [-0.05, 0) is 91.0 Å². The third kappa shape index (κ3) is 3.72. The van der Waals surface area contributed by atoms with Crippen LogP contribution >= 0.6 is 0 Å². The average molecular weight is 675 g/mol. The molecule has 0 spiro atoms. The molecule has 0 saturated carbocycles. The maximum Gasteiger partial charge on any atom is 0.0782 e. The third-order valence-corrected chi connectivity index (χ3v) is 12.3. The van der Waals surface area contributed by atoms with Gasteiger partial charge in [-0.1, -0.05) is 147 Å². The lowest BCUT2D eigenvalue weighted by atomic mass is 9.82. The first-order valence-corrected chi connectivity index (χ1v) is 18.6. The van der Waals surface area contributed by atoms with Crippen molar-refractivity contribution in [2.45, 2.75) is 19.3 Å². The number of anilines is 3. The summed E-state index contributed by atoms with van der Waals surface area (Å²) in [5.74, 6) is 0. The Morgan fingerprint density at radius 3 is 1.64 bits per heavy atom. The second-order valence-corrected chi connectivity index (χ2v) is 15.3. The molecular formula is C51H34N2. The summed E-state index contributed by atoms with van der Waals surface area (Å²) in [4.78, 5) is 2.52. The molecule has 9 aromatic carbocycles. The van der Waals surface area contributed by atoms with Gasteiger partial charge in [-0.25, -0.2) is 0 Å². The molecule has 2 heterocycles. The van der Waals surface area contributed by atoms with E-state index >= 15 is 0 Å². The molecule has 0 saturated heterocycles. The average Bonchev–Trinajstić information content (AvgIpc) is 3.81. The lowest BCUT2D eigenvalue weighted by Gasteiger charge is -2.29. The van der Waals surface area contributed by atoms with E-state index in [1.165, 1.54) is 98.4 Å². The molecule has 2 nitrogen and oxygen atoms in total. The van der Waals surface area contributed by atoms with Crippen molar-refractivity contribution in [2.75, 3.05) is 4.90 Å². The van der Waals surface area contributed by atoms with Crippen LogP contribution in [0, 0.1) is 0 Å². The smallest absolute Gasteiger partial charge is 0.0782 e. The SMILES string of the molecule is CC1(C)c2ccccc2-c2ccc(N(c3ccc4c5ccccc5c5ccccc5c4c3)c3cccc4c5cccc6c7ccccc7n(c34)c65)cc21. The number of aromatic nitrogens is 1. The third-order valence-electron chi connectivity index (χ3n) is 12.3. The van der Waals surface area contributed by atoms with Gasteiger partial charge >= 0.3 is 0 Å².